The molecule has 1 aliphatic heterocycles. The Morgan fingerprint density at radius 3 is 2.94 bits per heavy atom. The van der Waals surface area contributed by atoms with Crippen molar-refractivity contribution in [3.05, 3.63) is 23.8 Å². The van der Waals surface area contributed by atoms with Crippen LogP contribution in [0.5, 0.6) is 0 Å². The van der Waals surface area contributed by atoms with E-state index in [0.717, 1.165) is 30.9 Å². The van der Waals surface area contributed by atoms with Gasteiger partial charge in [-0.1, -0.05) is 6.07 Å². The molecule has 3 N–H and O–H groups in total. The molecule has 0 radical (unpaired) electrons. The second kappa shape index (κ2) is 4.65. The molecule has 0 spiro atoms. The Kier molecular flexibility index (Phi) is 3.22. The fraction of sp³-hybridized carbons (Fsp3) is 0.462. The van der Waals surface area contributed by atoms with Crippen molar-refractivity contribution in [2.24, 2.45) is 0 Å². The van der Waals surface area contributed by atoms with Gasteiger partial charge in [-0.15, -0.1) is 0 Å². The number of amides is 1. The summed E-state index contributed by atoms with van der Waals surface area (Å²) in [6.07, 6.45) is 0.979. The summed E-state index contributed by atoms with van der Waals surface area (Å²) in [7, 11) is 0. The van der Waals surface area contributed by atoms with Crippen LogP contribution in [0, 0.1) is 6.92 Å². The van der Waals surface area contributed by atoms with Crippen molar-refractivity contribution in [3.8, 4) is 0 Å². The third-order valence-electron chi connectivity index (χ3n) is 3.12. The van der Waals surface area contributed by atoms with E-state index < -0.39 is 0 Å². The summed E-state index contributed by atoms with van der Waals surface area (Å²) in [5, 5.41) is 2.95. The molecular weight excluding hydrogens is 214 g/mol. The van der Waals surface area contributed by atoms with Gasteiger partial charge in [-0.05, 0) is 31.0 Å². The molecule has 0 bridgehead atoms. The SMILES string of the molecule is CC(=O)NC1CCN(c2ccc(C)cc2N)C1. The van der Waals surface area contributed by atoms with Gasteiger partial charge in [0.05, 0.1) is 11.4 Å². The molecule has 1 aromatic carbocycles. The molecule has 4 nitrogen and oxygen atoms in total. The maximum absolute atomic E-state index is 11.0. The number of nitrogens with zero attached hydrogens (tertiary/aromatic N) is 1. The maximum Gasteiger partial charge on any atom is 0.217 e. The molecule has 4 heteroatoms. The van der Waals surface area contributed by atoms with Gasteiger partial charge in [-0.3, -0.25) is 4.79 Å². The zero-order valence-corrected chi connectivity index (χ0v) is 10.4. The monoisotopic (exact) mass is 233 g/mol. The van der Waals surface area contributed by atoms with Crippen molar-refractivity contribution < 1.29 is 4.79 Å². The van der Waals surface area contributed by atoms with Gasteiger partial charge in [-0.25, -0.2) is 0 Å². The molecule has 1 atom stereocenters. The second-order valence-electron chi connectivity index (χ2n) is 4.69. The lowest BCUT2D eigenvalue weighted by Crippen LogP contribution is -2.35. The van der Waals surface area contributed by atoms with Crippen molar-refractivity contribution in [2.45, 2.75) is 26.3 Å². The lowest BCUT2D eigenvalue weighted by Gasteiger charge is -2.21. The standard InChI is InChI=1S/C13H19N3O/c1-9-3-4-13(12(14)7-9)16-6-5-11(8-16)15-10(2)17/h3-4,7,11H,5-6,8,14H2,1-2H3,(H,15,17). The van der Waals surface area contributed by atoms with Crippen molar-refractivity contribution in [1.82, 2.24) is 5.32 Å². The number of nitrogens with two attached hydrogens (primary N) is 1. The number of carbonyl (C=O) groups excluding carboxylic acids is 1. The summed E-state index contributed by atoms with van der Waals surface area (Å²) in [6.45, 7) is 5.37. The van der Waals surface area contributed by atoms with Crippen LogP contribution in [0.4, 0.5) is 11.4 Å². The normalized spacial score (nSPS) is 19.4. The average molecular weight is 233 g/mol. The van der Waals surface area contributed by atoms with Crippen LogP contribution < -0.4 is 16.0 Å². The minimum atomic E-state index is 0.0359. The lowest BCUT2D eigenvalue weighted by atomic mass is 10.2. The Balaban J connectivity index is 2.07. The molecule has 1 saturated heterocycles. The van der Waals surface area contributed by atoms with Crippen LogP contribution in [-0.2, 0) is 4.79 Å². The minimum absolute atomic E-state index is 0.0359. The van der Waals surface area contributed by atoms with Crippen molar-refractivity contribution >= 4 is 17.3 Å². The van der Waals surface area contributed by atoms with Crippen LogP contribution in [-0.4, -0.2) is 25.0 Å². The fourth-order valence-corrected chi connectivity index (χ4v) is 2.35. The summed E-state index contributed by atoms with van der Waals surface area (Å²) in [5.74, 6) is 0.0359. The molecule has 1 aromatic rings. The Labute approximate surface area is 102 Å². The zero-order valence-electron chi connectivity index (χ0n) is 10.4. The van der Waals surface area contributed by atoms with E-state index in [2.05, 4.69) is 22.3 Å². The summed E-state index contributed by atoms with van der Waals surface area (Å²) in [6, 6.07) is 6.35. The Bertz CT molecular complexity index is 431. The third-order valence-corrected chi connectivity index (χ3v) is 3.12. The van der Waals surface area contributed by atoms with Crippen LogP contribution in [0.3, 0.4) is 0 Å². The van der Waals surface area contributed by atoms with E-state index in [1.165, 1.54) is 5.56 Å². The lowest BCUT2D eigenvalue weighted by molar-refractivity contribution is -0.119. The van der Waals surface area contributed by atoms with E-state index in [1.807, 2.05) is 13.0 Å². The molecule has 1 fully saturated rings. The fourth-order valence-electron chi connectivity index (χ4n) is 2.35. The van der Waals surface area contributed by atoms with Gasteiger partial charge in [0.2, 0.25) is 5.91 Å². The second-order valence-corrected chi connectivity index (χ2v) is 4.69. The number of nitrogens with one attached hydrogen (secondary N) is 1. The Morgan fingerprint density at radius 1 is 1.53 bits per heavy atom. The number of nitrogen functional groups attached to an aromatic ring is 1. The largest absolute Gasteiger partial charge is 0.397 e. The van der Waals surface area contributed by atoms with E-state index in [0.29, 0.717) is 0 Å². The van der Waals surface area contributed by atoms with E-state index in [4.69, 9.17) is 5.73 Å². The first-order chi connectivity index (χ1) is 8.06. The molecule has 1 unspecified atom stereocenters. The summed E-state index contributed by atoms with van der Waals surface area (Å²) in [4.78, 5) is 13.2. The predicted octanol–water partition coefficient (Wildman–Crippen LogP) is 1.29. The molecule has 1 heterocycles. The first-order valence-corrected chi connectivity index (χ1v) is 5.94. The number of aryl methyl sites for hydroxylation is 1. The highest BCUT2D eigenvalue weighted by Gasteiger charge is 2.24. The molecule has 0 aromatic heterocycles. The third kappa shape index (κ3) is 2.70. The summed E-state index contributed by atoms with van der Waals surface area (Å²) < 4.78 is 0. The van der Waals surface area contributed by atoms with Gasteiger partial charge in [0.15, 0.2) is 0 Å². The summed E-state index contributed by atoms with van der Waals surface area (Å²) >= 11 is 0. The topological polar surface area (TPSA) is 58.4 Å². The molecule has 2 rings (SSSR count). The first kappa shape index (κ1) is 11.8. The highest BCUT2D eigenvalue weighted by molar-refractivity contribution is 5.74. The molecule has 0 saturated carbocycles. The molecule has 1 aliphatic rings. The smallest absolute Gasteiger partial charge is 0.217 e. The van der Waals surface area contributed by atoms with Crippen LogP contribution in [0.25, 0.3) is 0 Å². The summed E-state index contributed by atoms with van der Waals surface area (Å²) in [5.41, 5.74) is 9.08. The number of rotatable bonds is 2. The number of benzene rings is 1. The zero-order chi connectivity index (χ0) is 12.4. The Hall–Kier alpha value is -1.71. The molecule has 92 valence electrons. The minimum Gasteiger partial charge on any atom is -0.397 e. The van der Waals surface area contributed by atoms with E-state index in [-0.39, 0.29) is 11.9 Å². The van der Waals surface area contributed by atoms with Crippen LogP contribution >= 0.6 is 0 Å². The highest BCUT2D eigenvalue weighted by Crippen LogP contribution is 2.27. The van der Waals surface area contributed by atoms with Crippen LogP contribution in [0.1, 0.15) is 18.9 Å². The van der Waals surface area contributed by atoms with Gasteiger partial charge < -0.3 is 16.0 Å². The highest BCUT2D eigenvalue weighted by atomic mass is 16.1. The molecular formula is C13H19N3O. The van der Waals surface area contributed by atoms with E-state index >= 15 is 0 Å². The maximum atomic E-state index is 11.0. The van der Waals surface area contributed by atoms with Gasteiger partial charge in [-0.2, -0.15) is 0 Å². The van der Waals surface area contributed by atoms with Crippen LogP contribution in [0.15, 0.2) is 18.2 Å². The predicted molar refractivity (Wildman–Crippen MR) is 70.0 cm³/mol. The number of carbonyl (C=O) groups is 1. The number of hydrogen-bond acceptors (Lipinski definition) is 3. The van der Waals surface area contributed by atoms with E-state index in [1.54, 1.807) is 6.92 Å². The molecule has 1 amide bonds. The van der Waals surface area contributed by atoms with Gasteiger partial charge in [0.1, 0.15) is 0 Å². The molecule has 17 heavy (non-hydrogen) atoms. The average Bonchev–Trinajstić information content (AvgIpc) is 2.65. The quantitative estimate of drug-likeness (QED) is 0.757. The molecule has 0 aliphatic carbocycles. The van der Waals surface area contributed by atoms with Crippen molar-refractivity contribution in [1.29, 1.82) is 0 Å². The number of hydrogen-bond donors (Lipinski definition) is 2. The van der Waals surface area contributed by atoms with Crippen LogP contribution in [0.2, 0.25) is 0 Å². The van der Waals surface area contributed by atoms with Crippen molar-refractivity contribution in [2.75, 3.05) is 23.7 Å². The van der Waals surface area contributed by atoms with Gasteiger partial charge in [0.25, 0.3) is 0 Å². The number of anilines is 2. The van der Waals surface area contributed by atoms with Crippen molar-refractivity contribution in [3.63, 3.8) is 0 Å². The van der Waals surface area contributed by atoms with Gasteiger partial charge in [0, 0.05) is 26.1 Å². The van der Waals surface area contributed by atoms with Gasteiger partial charge >= 0.3 is 0 Å². The van der Waals surface area contributed by atoms with E-state index in [9.17, 15) is 4.79 Å². The first-order valence-electron chi connectivity index (χ1n) is 5.94. The Morgan fingerprint density at radius 2 is 2.29 bits per heavy atom.